The first kappa shape index (κ1) is 21.5. The van der Waals surface area contributed by atoms with E-state index in [1.807, 2.05) is 54.9 Å². The van der Waals surface area contributed by atoms with E-state index in [0.717, 1.165) is 22.5 Å². The molecule has 7 nitrogen and oxygen atoms in total. The van der Waals surface area contributed by atoms with Gasteiger partial charge in [-0.2, -0.15) is 4.31 Å². The molecule has 0 radical (unpaired) electrons. The van der Waals surface area contributed by atoms with Gasteiger partial charge in [0.1, 0.15) is 5.65 Å². The van der Waals surface area contributed by atoms with Crippen LogP contribution < -0.4 is 5.32 Å². The Morgan fingerprint density at radius 3 is 2.61 bits per heavy atom. The maximum atomic E-state index is 12.9. The molecule has 3 aromatic rings. The number of pyridine rings is 1. The van der Waals surface area contributed by atoms with Crippen LogP contribution in [0.4, 0.5) is 0 Å². The Morgan fingerprint density at radius 1 is 1.13 bits per heavy atom. The van der Waals surface area contributed by atoms with E-state index >= 15 is 0 Å². The SMILES string of the molecule is Cc1ccc(S(=O)(=O)N2CCC(C(=O)NCCc3cn4ccccc4n3)CC2)cc1C. The summed E-state index contributed by atoms with van der Waals surface area (Å²) in [7, 11) is -3.53. The fraction of sp³-hybridized carbons (Fsp3) is 0.391. The van der Waals surface area contributed by atoms with Crippen molar-refractivity contribution in [2.75, 3.05) is 19.6 Å². The first-order chi connectivity index (χ1) is 14.8. The molecule has 8 heteroatoms. The van der Waals surface area contributed by atoms with Crippen molar-refractivity contribution in [1.82, 2.24) is 19.0 Å². The zero-order chi connectivity index (χ0) is 22.0. The average molecular weight is 441 g/mol. The fourth-order valence-corrected chi connectivity index (χ4v) is 5.50. The molecule has 1 aliphatic rings. The van der Waals surface area contributed by atoms with Crippen molar-refractivity contribution < 1.29 is 13.2 Å². The highest BCUT2D eigenvalue weighted by molar-refractivity contribution is 7.89. The maximum absolute atomic E-state index is 12.9. The Balaban J connectivity index is 1.28. The van der Waals surface area contributed by atoms with E-state index in [-0.39, 0.29) is 11.8 Å². The Bertz CT molecular complexity index is 1160. The number of amides is 1. The van der Waals surface area contributed by atoms with Crippen LogP contribution >= 0.6 is 0 Å². The number of carbonyl (C=O) groups is 1. The number of hydrogen-bond acceptors (Lipinski definition) is 4. The van der Waals surface area contributed by atoms with Crippen molar-refractivity contribution in [2.24, 2.45) is 5.92 Å². The number of nitrogens with zero attached hydrogens (tertiary/aromatic N) is 3. The number of aromatic nitrogens is 2. The predicted octanol–water partition coefficient (Wildman–Crippen LogP) is 2.71. The Hall–Kier alpha value is -2.71. The summed E-state index contributed by atoms with van der Waals surface area (Å²) in [4.78, 5) is 17.4. The number of sulfonamides is 1. The smallest absolute Gasteiger partial charge is 0.243 e. The summed E-state index contributed by atoms with van der Waals surface area (Å²) >= 11 is 0. The lowest BCUT2D eigenvalue weighted by Crippen LogP contribution is -2.43. The van der Waals surface area contributed by atoms with E-state index in [0.29, 0.717) is 43.8 Å². The van der Waals surface area contributed by atoms with Gasteiger partial charge in [0.25, 0.3) is 0 Å². The summed E-state index contributed by atoms with van der Waals surface area (Å²) in [5, 5.41) is 2.99. The van der Waals surface area contributed by atoms with Gasteiger partial charge in [-0.3, -0.25) is 4.79 Å². The number of piperidine rings is 1. The van der Waals surface area contributed by atoms with Gasteiger partial charge in [-0.25, -0.2) is 13.4 Å². The molecule has 1 amide bonds. The summed E-state index contributed by atoms with van der Waals surface area (Å²) in [6, 6.07) is 11.1. The van der Waals surface area contributed by atoms with Crippen LogP contribution in [0, 0.1) is 19.8 Å². The zero-order valence-corrected chi connectivity index (χ0v) is 18.7. The highest BCUT2D eigenvalue weighted by Gasteiger charge is 2.32. The normalized spacial score (nSPS) is 15.9. The van der Waals surface area contributed by atoms with Crippen molar-refractivity contribution in [2.45, 2.75) is 38.0 Å². The summed E-state index contributed by atoms with van der Waals surface area (Å²) < 4.78 is 29.4. The van der Waals surface area contributed by atoms with Crippen molar-refractivity contribution >= 4 is 21.6 Å². The van der Waals surface area contributed by atoms with Crippen molar-refractivity contribution in [1.29, 1.82) is 0 Å². The van der Waals surface area contributed by atoms with Gasteiger partial charge in [0.05, 0.1) is 10.6 Å². The molecule has 4 rings (SSSR count). The molecule has 0 spiro atoms. The molecular weight excluding hydrogens is 412 g/mol. The van der Waals surface area contributed by atoms with Gasteiger partial charge in [0, 0.05) is 44.4 Å². The van der Waals surface area contributed by atoms with Crippen LogP contribution in [-0.4, -0.2) is 47.6 Å². The summed E-state index contributed by atoms with van der Waals surface area (Å²) in [5.74, 6) is -0.167. The third kappa shape index (κ3) is 4.65. The van der Waals surface area contributed by atoms with E-state index in [4.69, 9.17) is 0 Å². The minimum Gasteiger partial charge on any atom is -0.355 e. The average Bonchev–Trinajstić information content (AvgIpc) is 3.18. The van der Waals surface area contributed by atoms with E-state index in [1.54, 1.807) is 12.1 Å². The van der Waals surface area contributed by atoms with Gasteiger partial charge in [-0.1, -0.05) is 12.1 Å². The number of rotatable bonds is 6. The second-order valence-electron chi connectivity index (χ2n) is 8.16. The topological polar surface area (TPSA) is 83.8 Å². The van der Waals surface area contributed by atoms with E-state index in [2.05, 4.69) is 10.3 Å². The summed E-state index contributed by atoms with van der Waals surface area (Å²) in [5.41, 5.74) is 3.85. The minimum absolute atomic E-state index is 0.00741. The molecule has 0 aliphatic carbocycles. The molecule has 2 aromatic heterocycles. The molecule has 0 bridgehead atoms. The van der Waals surface area contributed by atoms with Crippen LogP contribution in [0.3, 0.4) is 0 Å². The van der Waals surface area contributed by atoms with Crippen LogP contribution in [0.25, 0.3) is 5.65 Å². The Morgan fingerprint density at radius 2 is 1.90 bits per heavy atom. The molecule has 3 heterocycles. The van der Waals surface area contributed by atoms with E-state index in [9.17, 15) is 13.2 Å². The lowest BCUT2D eigenvalue weighted by atomic mass is 9.97. The molecule has 0 saturated carbocycles. The maximum Gasteiger partial charge on any atom is 0.243 e. The standard InChI is InChI=1S/C23H28N4O3S/c1-17-6-7-21(15-18(17)2)31(29,30)27-13-9-19(10-14-27)23(28)24-11-8-20-16-26-12-4-3-5-22(26)25-20/h3-7,12,15-16,19H,8-11,13-14H2,1-2H3,(H,24,28). The number of imidazole rings is 1. The second kappa shape index (κ2) is 8.80. The molecule has 1 aromatic carbocycles. The van der Waals surface area contributed by atoms with Crippen LogP contribution in [0.15, 0.2) is 53.7 Å². The molecule has 1 fully saturated rings. The monoisotopic (exact) mass is 440 g/mol. The number of nitrogens with one attached hydrogen (secondary N) is 1. The Kier molecular flexibility index (Phi) is 6.11. The largest absolute Gasteiger partial charge is 0.355 e. The predicted molar refractivity (Wildman–Crippen MR) is 119 cm³/mol. The zero-order valence-electron chi connectivity index (χ0n) is 17.9. The third-order valence-electron chi connectivity index (χ3n) is 6.04. The molecule has 1 saturated heterocycles. The van der Waals surface area contributed by atoms with Gasteiger partial charge in [0.15, 0.2) is 0 Å². The molecule has 164 valence electrons. The molecule has 0 atom stereocenters. The fourth-order valence-electron chi connectivity index (χ4n) is 3.95. The van der Waals surface area contributed by atoms with E-state index in [1.165, 1.54) is 4.31 Å². The van der Waals surface area contributed by atoms with Crippen LogP contribution in [-0.2, 0) is 21.2 Å². The lowest BCUT2D eigenvalue weighted by Gasteiger charge is -2.30. The van der Waals surface area contributed by atoms with Gasteiger partial charge in [-0.05, 0) is 62.1 Å². The highest BCUT2D eigenvalue weighted by atomic mass is 32.2. The lowest BCUT2D eigenvalue weighted by molar-refractivity contribution is -0.126. The number of carbonyl (C=O) groups excluding carboxylic acids is 1. The molecule has 1 N–H and O–H groups in total. The van der Waals surface area contributed by atoms with Gasteiger partial charge in [0.2, 0.25) is 15.9 Å². The highest BCUT2D eigenvalue weighted by Crippen LogP contribution is 2.25. The van der Waals surface area contributed by atoms with Crippen molar-refractivity contribution in [3.8, 4) is 0 Å². The number of hydrogen-bond donors (Lipinski definition) is 1. The van der Waals surface area contributed by atoms with Crippen molar-refractivity contribution in [3.63, 3.8) is 0 Å². The van der Waals surface area contributed by atoms with Crippen LogP contribution in [0.5, 0.6) is 0 Å². The molecule has 31 heavy (non-hydrogen) atoms. The van der Waals surface area contributed by atoms with Gasteiger partial charge >= 0.3 is 0 Å². The minimum atomic E-state index is -3.53. The number of aryl methyl sites for hydroxylation is 2. The van der Waals surface area contributed by atoms with Gasteiger partial charge in [-0.15, -0.1) is 0 Å². The first-order valence-electron chi connectivity index (χ1n) is 10.6. The second-order valence-corrected chi connectivity index (χ2v) is 10.1. The third-order valence-corrected chi connectivity index (χ3v) is 7.93. The van der Waals surface area contributed by atoms with Crippen molar-refractivity contribution in [3.05, 3.63) is 65.6 Å². The first-order valence-corrected chi connectivity index (χ1v) is 12.1. The van der Waals surface area contributed by atoms with E-state index < -0.39 is 10.0 Å². The number of fused-ring (bicyclic) bond motifs is 1. The number of benzene rings is 1. The van der Waals surface area contributed by atoms with Gasteiger partial charge < -0.3 is 9.72 Å². The quantitative estimate of drug-likeness (QED) is 0.639. The van der Waals surface area contributed by atoms with Crippen LogP contribution in [0.1, 0.15) is 29.7 Å². The summed E-state index contributed by atoms with van der Waals surface area (Å²) in [6.45, 7) is 5.12. The molecular formula is C23H28N4O3S. The molecule has 1 aliphatic heterocycles. The Labute approximate surface area is 183 Å². The summed E-state index contributed by atoms with van der Waals surface area (Å²) in [6.07, 6.45) is 5.64. The van der Waals surface area contributed by atoms with Crippen LogP contribution in [0.2, 0.25) is 0 Å². The molecule has 0 unspecified atom stereocenters.